The van der Waals surface area contributed by atoms with Gasteiger partial charge in [0.2, 0.25) is 0 Å². The Bertz CT molecular complexity index is 2540. The summed E-state index contributed by atoms with van der Waals surface area (Å²) in [5.41, 5.74) is 15.9. The molecule has 0 aromatic heterocycles. The van der Waals surface area contributed by atoms with Crippen LogP contribution in [0.5, 0.6) is 0 Å². The highest BCUT2D eigenvalue weighted by atomic mass is 15.1. The quantitative estimate of drug-likeness (QED) is 0.164. The molecule has 1 heteroatoms. The van der Waals surface area contributed by atoms with Crippen molar-refractivity contribution in [2.75, 3.05) is 4.90 Å². The maximum Gasteiger partial charge on any atom is 0.0462 e. The summed E-state index contributed by atoms with van der Waals surface area (Å²) in [6.45, 7) is 4.61. The maximum atomic E-state index is 2.42. The van der Waals surface area contributed by atoms with Crippen molar-refractivity contribution in [2.45, 2.75) is 19.3 Å². The molecular weight excluding hydrogens is 627 g/mol. The van der Waals surface area contributed by atoms with Gasteiger partial charge in [0.1, 0.15) is 0 Å². The number of fused-ring (bicyclic) bond motifs is 2. The molecule has 248 valence electrons. The van der Waals surface area contributed by atoms with E-state index in [1.54, 1.807) is 0 Å². The Morgan fingerprint density at radius 3 is 1.37 bits per heavy atom. The Balaban J connectivity index is 1.04. The van der Waals surface area contributed by atoms with Crippen molar-refractivity contribution < 1.29 is 0 Å². The summed E-state index contributed by atoms with van der Waals surface area (Å²) >= 11 is 0. The van der Waals surface area contributed by atoms with E-state index in [2.05, 4.69) is 219 Å². The zero-order valence-electron chi connectivity index (χ0n) is 29.5. The third-order valence-corrected chi connectivity index (χ3v) is 10.5. The summed E-state index contributed by atoms with van der Waals surface area (Å²) in [7, 11) is 0. The zero-order chi connectivity index (χ0) is 35.1. The molecule has 52 heavy (non-hydrogen) atoms. The molecule has 0 amide bonds. The van der Waals surface area contributed by atoms with Gasteiger partial charge in [-0.25, -0.2) is 0 Å². The number of hydrogen-bond donors (Lipinski definition) is 0. The van der Waals surface area contributed by atoms with Gasteiger partial charge in [-0.3, -0.25) is 0 Å². The largest absolute Gasteiger partial charge is 0.311 e. The van der Waals surface area contributed by atoms with E-state index in [0.717, 1.165) is 17.1 Å². The summed E-state index contributed by atoms with van der Waals surface area (Å²) in [4.78, 5) is 2.35. The van der Waals surface area contributed by atoms with Gasteiger partial charge in [-0.1, -0.05) is 172 Å². The van der Waals surface area contributed by atoms with E-state index in [1.165, 1.54) is 66.4 Å². The van der Waals surface area contributed by atoms with Crippen molar-refractivity contribution in [3.63, 3.8) is 0 Å². The van der Waals surface area contributed by atoms with E-state index in [4.69, 9.17) is 0 Å². The molecule has 0 atom stereocenters. The molecule has 0 saturated carbocycles. The maximum absolute atomic E-state index is 2.42. The molecule has 1 aliphatic carbocycles. The number of benzene rings is 8. The van der Waals surface area contributed by atoms with E-state index in [9.17, 15) is 0 Å². The summed E-state index contributed by atoms with van der Waals surface area (Å²) in [5, 5.41) is 2.53. The molecule has 0 bridgehead atoms. The fraction of sp³-hybridized carbons (Fsp3) is 0.0588. The molecule has 0 radical (unpaired) electrons. The van der Waals surface area contributed by atoms with Gasteiger partial charge in [-0.2, -0.15) is 0 Å². The van der Waals surface area contributed by atoms with Crippen LogP contribution in [-0.4, -0.2) is 0 Å². The first-order chi connectivity index (χ1) is 25.5. The van der Waals surface area contributed by atoms with Crippen molar-refractivity contribution in [3.8, 4) is 33.4 Å². The molecule has 8 aromatic rings. The van der Waals surface area contributed by atoms with E-state index < -0.39 is 0 Å². The normalized spacial score (nSPS) is 13.1. The smallest absolute Gasteiger partial charge is 0.0462 e. The SMILES string of the molecule is CC1(C)C=C(c2ccc(N(c3ccc(-c4ccccc4)cc3)c3ccc(-c4ccc(-c5ccc6ccccc6c5)cc4)cc3)cc2)c2ccccc21. The highest BCUT2D eigenvalue weighted by Gasteiger charge is 2.30. The predicted octanol–water partition coefficient (Wildman–Crippen LogP) is 14.0. The molecule has 0 aliphatic heterocycles. The van der Waals surface area contributed by atoms with Crippen LogP contribution < -0.4 is 4.90 Å². The molecule has 1 aliphatic rings. The minimum absolute atomic E-state index is 0.00956. The van der Waals surface area contributed by atoms with Gasteiger partial charge in [0.05, 0.1) is 0 Å². The highest BCUT2D eigenvalue weighted by Crippen LogP contribution is 2.44. The fourth-order valence-corrected chi connectivity index (χ4v) is 7.73. The first-order valence-corrected chi connectivity index (χ1v) is 18.1. The first kappa shape index (κ1) is 31.5. The lowest BCUT2D eigenvalue weighted by Gasteiger charge is -2.26. The Morgan fingerprint density at radius 2 is 0.769 bits per heavy atom. The van der Waals surface area contributed by atoms with Gasteiger partial charge < -0.3 is 4.90 Å². The average molecular weight is 666 g/mol. The summed E-state index contributed by atoms with van der Waals surface area (Å²) in [5.74, 6) is 0. The molecule has 9 rings (SSSR count). The van der Waals surface area contributed by atoms with E-state index in [-0.39, 0.29) is 5.41 Å². The highest BCUT2D eigenvalue weighted by molar-refractivity contribution is 5.89. The summed E-state index contributed by atoms with van der Waals surface area (Å²) in [6.07, 6.45) is 2.42. The molecule has 0 spiro atoms. The molecule has 1 nitrogen and oxygen atoms in total. The van der Waals surface area contributed by atoms with Gasteiger partial charge in [-0.15, -0.1) is 0 Å². The average Bonchev–Trinajstić information content (AvgIpc) is 3.49. The third-order valence-electron chi connectivity index (χ3n) is 10.5. The standard InChI is InChI=1S/C51H39N/c1-51(2)35-49(48-14-8-9-15-50(48)51)42-26-32-47(33-27-42)52(45-28-22-39(23-29-45)36-10-4-3-5-11-36)46-30-24-40(25-31-46)38-16-18-41(19-17-38)44-21-20-37-12-6-7-13-43(37)34-44/h3-35H,1-2H3. The van der Waals surface area contributed by atoms with Crippen LogP contribution >= 0.6 is 0 Å². The third kappa shape index (κ3) is 5.91. The first-order valence-electron chi connectivity index (χ1n) is 18.1. The fourth-order valence-electron chi connectivity index (χ4n) is 7.73. The van der Waals surface area contributed by atoms with Crippen molar-refractivity contribution in [1.82, 2.24) is 0 Å². The molecular formula is C51H39N. The Hall–Kier alpha value is -6.44. The zero-order valence-corrected chi connectivity index (χ0v) is 29.5. The Labute approximate surface area is 306 Å². The van der Waals surface area contributed by atoms with Crippen LogP contribution in [0.3, 0.4) is 0 Å². The lowest BCUT2D eigenvalue weighted by Crippen LogP contribution is -2.10. The molecule has 0 heterocycles. The molecule has 0 saturated heterocycles. The lowest BCUT2D eigenvalue weighted by molar-refractivity contribution is 0.683. The van der Waals surface area contributed by atoms with Crippen LogP contribution in [0.1, 0.15) is 30.5 Å². The number of nitrogens with zero attached hydrogens (tertiary/aromatic N) is 1. The topological polar surface area (TPSA) is 3.24 Å². The summed E-state index contributed by atoms with van der Waals surface area (Å²) in [6, 6.07) is 70.5. The monoisotopic (exact) mass is 665 g/mol. The second kappa shape index (κ2) is 13.0. The minimum atomic E-state index is 0.00956. The van der Waals surface area contributed by atoms with Crippen LogP contribution in [0.2, 0.25) is 0 Å². The van der Waals surface area contributed by atoms with Crippen molar-refractivity contribution in [1.29, 1.82) is 0 Å². The number of allylic oxidation sites excluding steroid dienone is 1. The van der Waals surface area contributed by atoms with Crippen molar-refractivity contribution >= 4 is 33.4 Å². The van der Waals surface area contributed by atoms with Gasteiger partial charge in [0.15, 0.2) is 0 Å². The summed E-state index contributed by atoms with van der Waals surface area (Å²) < 4.78 is 0. The molecule has 0 fully saturated rings. The van der Waals surface area contributed by atoms with Crippen LogP contribution in [0, 0.1) is 0 Å². The second-order valence-corrected chi connectivity index (χ2v) is 14.3. The molecule has 8 aromatic carbocycles. The number of anilines is 3. The van der Waals surface area contributed by atoms with Gasteiger partial charge in [-0.05, 0) is 109 Å². The van der Waals surface area contributed by atoms with Gasteiger partial charge in [0, 0.05) is 22.5 Å². The Morgan fingerprint density at radius 1 is 0.346 bits per heavy atom. The van der Waals surface area contributed by atoms with Gasteiger partial charge >= 0.3 is 0 Å². The van der Waals surface area contributed by atoms with E-state index in [0.29, 0.717) is 0 Å². The molecule has 0 unspecified atom stereocenters. The van der Waals surface area contributed by atoms with Crippen molar-refractivity contribution in [2.24, 2.45) is 0 Å². The lowest BCUT2D eigenvalue weighted by atomic mass is 9.87. The van der Waals surface area contributed by atoms with E-state index >= 15 is 0 Å². The molecule has 0 N–H and O–H groups in total. The second-order valence-electron chi connectivity index (χ2n) is 14.3. The predicted molar refractivity (Wildman–Crippen MR) is 221 cm³/mol. The number of rotatable bonds is 7. The van der Waals surface area contributed by atoms with E-state index in [1.807, 2.05) is 0 Å². The minimum Gasteiger partial charge on any atom is -0.311 e. The Kier molecular flexibility index (Phi) is 7.90. The van der Waals surface area contributed by atoms with Crippen molar-refractivity contribution in [3.05, 3.63) is 217 Å². The van der Waals surface area contributed by atoms with Crippen LogP contribution in [0.4, 0.5) is 17.1 Å². The van der Waals surface area contributed by atoms with Gasteiger partial charge in [0.25, 0.3) is 0 Å². The van der Waals surface area contributed by atoms with Crippen LogP contribution in [-0.2, 0) is 5.41 Å². The van der Waals surface area contributed by atoms with Crippen LogP contribution in [0.15, 0.2) is 200 Å². The number of hydrogen-bond acceptors (Lipinski definition) is 1. The van der Waals surface area contributed by atoms with Crippen LogP contribution in [0.25, 0.3) is 49.7 Å².